The molecule has 0 N–H and O–H groups in total. The van der Waals surface area contributed by atoms with Crippen LogP contribution >= 0.6 is 0 Å². The molecule has 0 saturated carbocycles. The molecule has 5 nitrogen and oxygen atoms in total. The molecule has 0 bridgehead atoms. The largest absolute Gasteiger partial charge is 0.497 e. The van der Waals surface area contributed by atoms with Gasteiger partial charge in [0.25, 0.3) is 5.91 Å². The average Bonchev–Trinajstić information content (AvgIpc) is 3.13. The number of carbonyl (C=O) groups excluding carboxylic acids is 2. The number of fused-ring (bicyclic) bond motifs is 2. The number of amides is 2. The van der Waals surface area contributed by atoms with Gasteiger partial charge in [-0.15, -0.1) is 0 Å². The van der Waals surface area contributed by atoms with Crippen LogP contribution in [0.1, 0.15) is 28.8 Å². The van der Waals surface area contributed by atoms with Crippen LogP contribution in [-0.4, -0.2) is 36.4 Å². The summed E-state index contributed by atoms with van der Waals surface area (Å²) in [4.78, 5) is 29.5. The molecule has 4 rings (SSSR count). The average molecular weight is 354 g/mol. The molecule has 0 aromatic heterocycles. The Morgan fingerprint density at radius 2 is 1.92 bits per heavy atom. The second-order valence-corrected chi connectivity index (χ2v) is 6.59. The van der Waals surface area contributed by atoms with E-state index < -0.39 is 6.04 Å². The molecule has 0 aliphatic carbocycles. The predicted octanol–water partition coefficient (Wildman–Crippen LogP) is 2.99. The number of nitrogens with zero attached hydrogens (tertiary/aromatic N) is 2. The van der Waals surface area contributed by atoms with Gasteiger partial charge in [0, 0.05) is 6.54 Å². The van der Waals surface area contributed by atoms with Gasteiger partial charge in [0.05, 0.1) is 24.9 Å². The molecule has 2 amide bonds. The monoisotopic (exact) mass is 354 g/mol. The summed E-state index contributed by atoms with van der Waals surface area (Å²) >= 11 is 0. The van der Waals surface area contributed by atoms with E-state index >= 15 is 0 Å². The third-order valence-corrected chi connectivity index (χ3v) is 5.04. The second-order valence-electron chi connectivity index (χ2n) is 6.59. The van der Waals surface area contributed by atoms with Gasteiger partial charge in [0.2, 0.25) is 5.91 Å². The molecule has 2 aromatic rings. The van der Waals surface area contributed by atoms with Gasteiger partial charge in [-0.25, -0.2) is 4.39 Å². The van der Waals surface area contributed by atoms with Crippen molar-refractivity contribution in [3.05, 3.63) is 59.4 Å². The van der Waals surface area contributed by atoms with Gasteiger partial charge in [-0.2, -0.15) is 0 Å². The van der Waals surface area contributed by atoms with Crippen LogP contribution < -0.4 is 9.64 Å². The zero-order valence-corrected chi connectivity index (χ0v) is 14.4. The van der Waals surface area contributed by atoms with Crippen LogP contribution in [0, 0.1) is 5.82 Å². The molecule has 0 unspecified atom stereocenters. The maximum absolute atomic E-state index is 13.2. The summed E-state index contributed by atoms with van der Waals surface area (Å²) in [5, 5.41) is 0. The molecule has 2 aliphatic rings. The van der Waals surface area contributed by atoms with Crippen LogP contribution in [-0.2, 0) is 11.3 Å². The lowest BCUT2D eigenvalue weighted by atomic mass is 10.1. The van der Waals surface area contributed by atoms with Crippen LogP contribution in [0.3, 0.4) is 0 Å². The van der Waals surface area contributed by atoms with Gasteiger partial charge in [0.1, 0.15) is 17.6 Å². The highest BCUT2D eigenvalue weighted by atomic mass is 19.1. The fourth-order valence-corrected chi connectivity index (χ4v) is 3.70. The third-order valence-electron chi connectivity index (χ3n) is 5.04. The van der Waals surface area contributed by atoms with Gasteiger partial charge >= 0.3 is 0 Å². The minimum absolute atomic E-state index is 0.0934. The quantitative estimate of drug-likeness (QED) is 0.851. The number of rotatable bonds is 3. The zero-order valence-electron chi connectivity index (χ0n) is 14.4. The molecule has 0 spiro atoms. The summed E-state index contributed by atoms with van der Waals surface area (Å²) < 4.78 is 18.5. The number of benzene rings is 2. The van der Waals surface area contributed by atoms with E-state index in [-0.39, 0.29) is 24.2 Å². The summed E-state index contributed by atoms with van der Waals surface area (Å²) in [5.74, 6) is 0.0163. The van der Waals surface area contributed by atoms with Gasteiger partial charge < -0.3 is 14.5 Å². The van der Waals surface area contributed by atoms with Crippen molar-refractivity contribution in [1.29, 1.82) is 0 Å². The Bertz CT molecular complexity index is 866. The number of carbonyl (C=O) groups is 2. The van der Waals surface area contributed by atoms with Crippen molar-refractivity contribution in [2.45, 2.75) is 25.4 Å². The molecule has 1 saturated heterocycles. The molecule has 2 heterocycles. The summed E-state index contributed by atoms with van der Waals surface area (Å²) in [6.45, 7) is 0.867. The second kappa shape index (κ2) is 6.44. The maximum atomic E-state index is 13.2. The highest BCUT2D eigenvalue weighted by Crippen LogP contribution is 2.35. The molecule has 2 aliphatic heterocycles. The lowest BCUT2D eigenvalue weighted by molar-refractivity contribution is -0.122. The van der Waals surface area contributed by atoms with Crippen molar-refractivity contribution in [2.24, 2.45) is 0 Å². The highest BCUT2D eigenvalue weighted by molar-refractivity contribution is 6.11. The van der Waals surface area contributed by atoms with E-state index in [1.54, 1.807) is 47.2 Å². The minimum atomic E-state index is -0.443. The summed E-state index contributed by atoms with van der Waals surface area (Å²) in [5.41, 5.74) is 1.84. The smallest absolute Gasteiger partial charge is 0.256 e. The first-order valence-corrected chi connectivity index (χ1v) is 8.63. The Hall–Kier alpha value is -2.89. The number of halogens is 1. The zero-order chi connectivity index (χ0) is 18.3. The standard InChI is InChI=1S/C20H19FN2O3/c1-26-15-8-9-17-16(11-15)19(24)22-10-2-3-18(22)20(25)23(17)12-13-4-6-14(21)7-5-13/h4-9,11,18H,2-3,10,12H2,1H3/t18-/m0/s1. The van der Waals surface area contributed by atoms with Crippen molar-refractivity contribution >= 4 is 17.5 Å². The first-order chi connectivity index (χ1) is 12.6. The molecule has 2 aromatic carbocycles. The van der Waals surface area contributed by atoms with Crippen LogP contribution in [0.2, 0.25) is 0 Å². The lowest BCUT2D eigenvalue weighted by Gasteiger charge is -2.26. The lowest BCUT2D eigenvalue weighted by Crippen LogP contribution is -2.44. The molecular formula is C20H19FN2O3. The third kappa shape index (κ3) is 2.71. The van der Waals surface area contributed by atoms with E-state index in [0.717, 1.165) is 12.0 Å². The van der Waals surface area contributed by atoms with Crippen molar-refractivity contribution in [1.82, 2.24) is 4.90 Å². The summed E-state index contributed by atoms with van der Waals surface area (Å²) in [6.07, 6.45) is 1.47. The number of hydrogen-bond donors (Lipinski definition) is 0. The van der Waals surface area contributed by atoms with E-state index in [0.29, 0.717) is 30.0 Å². The van der Waals surface area contributed by atoms with E-state index in [1.807, 2.05) is 0 Å². The van der Waals surface area contributed by atoms with Crippen LogP contribution in [0.15, 0.2) is 42.5 Å². The molecular weight excluding hydrogens is 335 g/mol. The topological polar surface area (TPSA) is 49.9 Å². The van der Waals surface area contributed by atoms with Gasteiger partial charge in [-0.05, 0) is 48.7 Å². The summed E-state index contributed by atoms with van der Waals surface area (Å²) in [7, 11) is 1.54. The van der Waals surface area contributed by atoms with E-state index in [2.05, 4.69) is 0 Å². The number of ether oxygens (including phenoxy) is 1. The van der Waals surface area contributed by atoms with E-state index in [1.165, 1.54) is 12.1 Å². The minimum Gasteiger partial charge on any atom is -0.497 e. The fourth-order valence-electron chi connectivity index (χ4n) is 3.70. The normalized spacial score (nSPS) is 19.2. The first-order valence-electron chi connectivity index (χ1n) is 8.63. The SMILES string of the molecule is COc1ccc2c(c1)C(=O)N1CCC[C@H]1C(=O)N2Cc1ccc(F)cc1. The van der Waals surface area contributed by atoms with Gasteiger partial charge in [-0.1, -0.05) is 12.1 Å². The Kier molecular flexibility index (Phi) is 4.11. The van der Waals surface area contributed by atoms with Crippen molar-refractivity contribution in [2.75, 3.05) is 18.6 Å². The van der Waals surface area contributed by atoms with Crippen LogP contribution in [0.4, 0.5) is 10.1 Å². The molecule has 6 heteroatoms. The molecule has 1 fully saturated rings. The Morgan fingerprint density at radius 3 is 2.65 bits per heavy atom. The van der Waals surface area contributed by atoms with Gasteiger partial charge in [0.15, 0.2) is 0 Å². The molecule has 1 atom stereocenters. The first kappa shape index (κ1) is 16.6. The number of methoxy groups -OCH3 is 1. The predicted molar refractivity (Wildman–Crippen MR) is 94.6 cm³/mol. The van der Waals surface area contributed by atoms with Crippen molar-refractivity contribution < 1.29 is 18.7 Å². The van der Waals surface area contributed by atoms with Crippen LogP contribution in [0.5, 0.6) is 5.75 Å². The van der Waals surface area contributed by atoms with Crippen molar-refractivity contribution in [3.8, 4) is 5.75 Å². The molecule has 134 valence electrons. The van der Waals surface area contributed by atoms with Crippen molar-refractivity contribution in [3.63, 3.8) is 0 Å². The highest BCUT2D eigenvalue weighted by Gasteiger charge is 2.42. The van der Waals surface area contributed by atoms with E-state index in [9.17, 15) is 14.0 Å². The fraction of sp³-hybridized carbons (Fsp3) is 0.300. The Morgan fingerprint density at radius 1 is 1.15 bits per heavy atom. The van der Waals surface area contributed by atoms with Crippen LogP contribution in [0.25, 0.3) is 0 Å². The van der Waals surface area contributed by atoms with E-state index in [4.69, 9.17) is 4.74 Å². The maximum Gasteiger partial charge on any atom is 0.256 e. The molecule has 0 radical (unpaired) electrons. The Labute approximate surface area is 151 Å². The summed E-state index contributed by atoms with van der Waals surface area (Å²) in [6, 6.07) is 10.8. The molecule has 26 heavy (non-hydrogen) atoms. The van der Waals surface area contributed by atoms with Gasteiger partial charge in [-0.3, -0.25) is 9.59 Å². The Balaban J connectivity index is 1.80. The number of hydrogen-bond acceptors (Lipinski definition) is 3. The number of anilines is 1.